The second-order valence-electron chi connectivity index (χ2n) is 6.64. The molecule has 1 aromatic heterocycles. The maximum absolute atomic E-state index is 12.8. The van der Waals surface area contributed by atoms with Gasteiger partial charge in [0.05, 0.1) is 24.5 Å². The lowest BCUT2D eigenvalue weighted by Gasteiger charge is -2.07. The summed E-state index contributed by atoms with van der Waals surface area (Å²) in [6.07, 6.45) is 1.51. The molecule has 30 heavy (non-hydrogen) atoms. The summed E-state index contributed by atoms with van der Waals surface area (Å²) >= 11 is 5.91. The van der Waals surface area contributed by atoms with Gasteiger partial charge < -0.3 is 13.9 Å². The van der Waals surface area contributed by atoms with Crippen molar-refractivity contribution in [1.29, 1.82) is 0 Å². The minimum absolute atomic E-state index is 0.113. The minimum atomic E-state index is -0.417. The second-order valence-corrected chi connectivity index (χ2v) is 7.08. The molecule has 0 aliphatic carbocycles. The van der Waals surface area contributed by atoms with Gasteiger partial charge in [-0.15, -0.1) is 0 Å². The Morgan fingerprint density at radius 2 is 1.67 bits per heavy atom. The lowest BCUT2D eigenvalue weighted by Crippen LogP contribution is -2.11. The number of methoxy groups -OCH3 is 1. The molecule has 0 aliphatic rings. The Kier molecular flexibility index (Phi) is 5.55. The fourth-order valence-corrected chi connectivity index (χ4v) is 3.20. The van der Waals surface area contributed by atoms with Gasteiger partial charge in [0.2, 0.25) is 0 Å². The van der Waals surface area contributed by atoms with Crippen molar-refractivity contribution in [2.75, 3.05) is 7.11 Å². The smallest absolute Gasteiger partial charge is 0.315 e. The van der Waals surface area contributed by atoms with Gasteiger partial charge in [-0.25, -0.2) is 0 Å². The van der Waals surface area contributed by atoms with Gasteiger partial charge in [0.1, 0.15) is 23.3 Å². The zero-order valence-corrected chi connectivity index (χ0v) is 16.8. The van der Waals surface area contributed by atoms with Crippen molar-refractivity contribution >= 4 is 28.5 Å². The molecule has 0 N–H and O–H groups in total. The molecule has 5 nitrogen and oxygen atoms in total. The Balaban J connectivity index is 1.54. The fourth-order valence-electron chi connectivity index (χ4n) is 3.08. The summed E-state index contributed by atoms with van der Waals surface area (Å²) in [5.74, 6) is 0.609. The van der Waals surface area contributed by atoms with E-state index in [1.54, 1.807) is 67.8 Å². The van der Waals surface area contributed by atoms with Crippen LogP contribution in [0.1, 0.15) is 5.56 Å². The number of carbonyl (C=O) groups excluding carboxylic acids is 1. The molecule has 0 atom stereocenters. The lowest BCUT2D eigenvalue weighted by atomic mass is 10.1. The van der Waals surface area contributed by atoms with Crippen LogP contribution in [0.4, 0.5) is 0 Å². The minimum Gasteiger partial charge on any atom is -0.497 e. The number of carbonyl (C=O) groups is 1. The highest BCUT2D eigenvalue weighted by atomic mass is 35.5. The van der Waals surface area contributed by atoms with Crippen LogP contribution in [0.3, 0.4) is 0 Å². The molecular formula is C24H17ClO5. The van der Waals surface area contributed by atoms with Crippen LogP contribution in [0.5, 0.6) is 11.5 Å². The number of fused-ring (bicyclic) bond motifs is 1. The number of benzene rings is 3. The van der Waals surface area contributed by atoms with Gasteiger partial charge in [-0.3, -0.25) is 9.59 Å². The van der Waals surface area contributed by atoms with Crippen molar-refractivity contribution in [3.8, 4) is 22.6 Å². The van der Waals surface area contributed by atoms with Crippen LogP contribution in [-0.4, -0.2) is 13.1 Å². The monoisotopic (exact) mass is 420 g/mol. The summed E-state index contributed by atoms with van der Waals surface area (Å²) in [5.41, 5.74) is 2.12. The van der Waals surface area contributed by atoms with Crippen LogP contribution in [0.25, 0.3) is 22.1 Å². The van der Waals surface area contributed by atoms with Crippen molar-refractivity contribution in [3.05, 3.63) is 93.8 Å². The van der Waals surface area contributed by atoms with Crippen LogP contribution < -0.4 is 14.9 Å². The second kappa shape index (κ2) is 8.43. The summed E-state index contributed by atoms with van der Waals surface area (Å²) in [7, 11) is 1.58. The first-order chi connectivity index (χ1) is 14.5. The normalized spacial score (nSPS) is 10.7. The highest BCUT2D eigenvalue weighted by molar-refractivity contribution is 6.30. The standard InChI is InChI=1S/C24H17ClO5/c1-28-18-8-2-15(3-9-18)12-23(26)30-19-10-11-20-22(13-19)29-14-21(24(20)27)16-4-6-17(25)7-5-16/h2-11,13-14H,12H2,1H3. The molecule has 150 valence electrons. The average Bonchev–Trinajstić information content (AvgIpc) is 2.75. The summed E-state index contributed by atoms with van der Waals surface area (Å²) in [4.78, 5) is 25.1. The van der Waals surface area contributed by atoms with E-state index in [2.05, 4.69) is 0 Å². The first-order valence-corrected chi connectivity index (χ1v) is 9.56. The Morgan fingerprint density at radius 3 is 2.37 bits per heavy atom. The van der Waals surface area contributed by atoms with Gasteiger partial charge in [0, 0.05) is 11.1 Å². The Hall–Kier alpha value is -3.57. The lowest BCUT2D eigenvalue weighted by molar-refractivity contribution is -0.133. The van der Waals surface area contributed by atoms with Crippen molar-refractivity contribution < 1.29 is 18.7 Å². The quantitative estimate of drug-likeness (QED) is 0.325. The molecule has 0 saturated carbocycles. The largest absolute Gasteiger partial charge is 0.497 e. The molecular weight excluding hydrogens is 404 g/mol. The molecule has 4 rings (SSSR count). The Bertz CT molecular complexity index is 1260. The predicted molar refractivity (Wildman–Crippen MR) is 115 cm³/mol. The molecule has 3 aromatic carbocycles. The van der Waals surface area contributed by atoms with Crippen molar-refractivity contribution in [2.24, 2.45) is 0 Å². The summed E-state index contributed by atoms with van der Waals surface area (Å²) in [5, 5.41) is 0.988. The van der Waals surface area contributed by atoms with Crippen molar-refractivity contribution in [3.63, 3.8) is 0 Å². The summed E-state index contributed by atoms with van der Waals surface area (Å²) in [6.45, 7) is 0. The van der Waals surface area contributed by atoms with Gasteiger partial charge in [-0.05, 0) is 47.5 Å². The highest BCUT2D eigenvalue weighted by Crippen LogP contribution is 2.24. The summed E-state index contributed by atoms with van der Waals surface area (Å²) in [6, 6.07) is 18.8. The van der Waals surface area contributed by atoms with E-state index in [9.17, 15) is 9.59 Å². The van der Waals surface area contributed by atoms with Crippen molar-refractivity contribution in [1.82, 2.24) is 0 Å². The molecule has 4 aromatic rings. The third-order valence-electron chi connectivity index (χ3n) is 4.64. The fraction of sp³-hybridized carbons (Fsp3) is 0.0833. The summed E-state index contributed by atoms with van der Waals surface area (Å²) < 4.78 is 16.1. The van der Waals surface area contributed by atoms with Crippen molar-refractivity contribution in [2.45, 2.75) is 6.42 Å². The molecule has 0 saturated heterocycles. The zero-order valence-electron chi connectivity index (χ0n) is 16.1. The van der Waals surface area contributed by atoms with Crippen LogP contribution in [-0.2, 0) is 11.2 Å². The molecule has 1 heterocycles. The van der Waals surface area contributed by atoms with Crippen LogP contribution in [0.15, 0.2) is 82.2 Å². The molecule has 0 radical (unpaired) electrons. The van der Waals surface area contributed by atoms with Gasteiger partial charge in [0.15, 0.2) is 5.43 Å². The van der Waals surface area contributed by atoms with E-state index in [4.69, 9.17) is 25.5 Å². The van der Waals surface area contributed by atoms with Gasteiger partial charge >= 0.3 is 5.97 Å². The van der Waals surface area contributed by atoms with E-state index in [1.807, 2.05) is 0 Å². The van der Waals surface area contributed by atoms with Crippen LogP contribution >= 0.6 is 11.6 Å². The maximum Gasteiger partial charge on any atom is 0.315 e. The molecule has 0 bridgehead atoms. The first-order valence-electron chi connectivity index (χ1n) is 9.18. The van der Waals surface area contributed by atoms with Gasteiger partial charge in [-0.1, -0.05) is 35.9 Å². The maximum atomic E-state index is 12.8. The first kappa shape index (κ1) is 19.7. The Morgan fingerprint density at radius 1 is 0.967 bits per heavy atom. The zero-order chi connectivity index (χ0) is 21.1. The highest BCUT2D eigenvalue weighted by Gasteiger charge is 2.12. The topological polar surface area (TPSA) is 65.7 Å². The third kappa shape index (κ3) is 4.21. The number of hydrogen-bond donors (Lipinski definition) is 0. The molecule has 0 aliphatic heterocycles. The van der Waals surface area contributed by atoms with Gasteiger partial charge in [0.25, 0.3) is 0 Å². The Labute approximate surface area is 177 Å². The molecule has 6 heteroatoms. The van der Waals surface area contributed by atoms with Crippen LogP contribution in [0.2, 0.25) is 5.02 Å². The molecule has 0 amide bonds. The van der Waals surface area contributed by atoms with Crippen LogP contribution in [0, 0.1) is 0 Å². The van der Waals surface area contributed by atoms with E-state index in [1.165, 1.54) is 12.3 Å². The van der Waals surface area contributed by atoms with E-state index >= 15 is 0 Å². The van der Waals surface area contributed by atoms with E-state index < -0.39 is 5.97 Å². The number of rotatable bonds is 5. The average molecular weight is 421 g/mol. The molecule has 0 spiro atoms. The van der Waals surface area contributed by atoms with E-state index in [0.717, 1.165) is 11.3 Å². The number of hydrogen-bond acceptors (Lipinski definition) is 5. The number of halogens is 1. The predicted octanol–water partition coefficient (Wildman–Crippen LogP) is 5.27. The third-order valence-corrected chi connectivity index (χ3v) is 4.89. The van der Waals surface area contributed by atoms with Gasteiger partial charge in [-0.2, -0.15) is 0 Å². The SMILES string of the molecule is COc1ccc(CC(=O)Oc2ccc3c(=O)c(-c4ccc(Cl)cc4)coc3c2)cc1. The number of ether oxygens (including phenoxy) is 2. The van der Waals surface area contributed by atoms with E-state index in [-0.39, 0.29) is 11.8 Å². The van der Waals surface area contributed by atoms with E-state index in [0.29, 0.717) is 32.9 Å². The molecule has 0 unspecified atom stereocenters. The molecule has 0 fully saturated rings. The number of esters is 1.